The van der Waals surface area contributed by atoms with Crippen molar-refractivity contribution in [3.63, 3.8) is 0 Å². The Kier molecular flexibility index (Phi) is 5.29. The molecule has 0 unspecified atom stereocenters. The van der Waals surface area contributed by atoms with E-state index in [0.29, 0.717) is 6.16 Å². The van der Waals surface area contributed by atoms with Gasteiger partial charge in [-0.3, -0.25) is 4.79 Å². The van der Waals surface area contributed by atoms with Gasteiger partial charge in [0.25, 0.3) is 0 Å². The SMILES string of the molecule is O=C(C[P+](c1ccccc1)(c1ccccc1)c1cccs1)c1ccccc1. The summed E-state index contributed by atoms with van der Waals surface area (Å²) in [7, 11) is -2.06. The molecule has 0 aliphatic heterocycles. The Bertz CT molecular complexity index is 957. The van der Waals surface area contributed by atoms with E-state index < -0.39 is 7.26 Å². The standard InChI is InChI=1S/C24H20OPS/c25-23(20-11-4-1-5-12-20)19-26(24-17-10-18-27-24,21-13-6-2-7-14-21)22-15-8-3-9-16-22/h1-18H,19H2/q+1. The minimum atomic E-state index is -2.06. The number of carbonyl (C=O) groups is 1. The average molecular weight is 387 g/mol. The Labute approximate surface area is 164 Å². The van der Waals surface area contributed by atoms with Crippen LogP contribution < -0.4 is 15.2 Å². The van der Waals surface area contributed by atoms with Crippen molar-refractivity contribution < 1.29 is 4.79 Å². The zero-order valence-corrected chi connectivity index (χ0v) is 16.6. The van der Waals surface area contributed by atoms with Crippen LogP contribution in [-0.2, 0) is 0 Å². The average Bonchev–Trinajstić information content (AvgIpc) is 3.29. The molecule has 3 heteroatoms. The number of hydrogen-bond donors (Lipinski definition) is 0. The van der Waals surface area contributed by atoms with Gasteiger partial charge in [0.15, 0.2) is 4.62 Å². The van der Waals surface area contributed by atoms with Crippen LogP contribution in [0.25, 0.3) is 0 Å². The summed E-state index contributed by atoms with van der Waals surface area (Å²) in [5.41, 5.74) is 0.783. The molecule has 4 aromatic rings. The van der Waals surface area contributed by atoms with E-state index in [0.717, 1.165) is 5.56 Å². The van der Waals surface area contributed by atoms with Gasteiger partial charge >= 0.3 is 0 Å². The summed E-state index contributed by atoms with van der Waals surface area (Å²) < 4.78 is 1.30. The molecule has 0 radical (unpaired) electrons. The summed E-state index contributed by atoms with van der Waals surface area (Å²) in [4.78, 5) is 13.3. The van der Waals surface area contributed by atoms with Gasteiger partial charge in [-0.15, -0.1) is 11.3 Å². The van der Waals surface area contributed by atoms with Crippen molar-refractivity contribution in [3.8, 4) is 0 Å². The first-order valence-electron chi connectivity index (χ1n) is 8.92. The lowest BCUT2D eigenvalue weighted by molar-refractivity contribution is 0.102. The summed E-state index contributed by atoms with van der Waals surface area (Å²) in [5, 5.41) is 4.62. The topological polar surface area (TPSA) is 17.1 Å². The van der Waals surface area contributed by atoms with Crippen molar-refractivity contribution in [2.75, 3.05) is 6.16 Å². The molecule has 0 atom stereocenters. The van der Waals surface area contributed by atoms with Gasteiger partial charge in [-0.2, -0.15) is 0 Å². The van der Waals surface area contributed by atoms with E-state index in [1.807, 2.05) is 42.5 Å². The van der Waals surface area contributed by atoms with Gasteiger partial charge in [-0.05, 0) is 41.8 Å². The largest absolute Gasteiger partial charge is 0.290 e. The van der Waals surface area contributed by atoms with Gasteiger partial charge in [0.05, 0.1) is 0 Å². The van der Waals surface area contributed by atoms with Crippen LogP contribution in [0.5, 0.6) is 0 Å². The Morgan fingerprint density at radius 3 is 1.67 bits per heavy atom. The second-order valence-corrected chi connectivity index (χ2v) is 11.1. The van der Waals surface area contributed by atoms with Crippen LogP contribution in [0.3, 0.4) is 0 Å². The predicted octanol–water partition coefficient (Wildman–Crippen LogP) is 4.92. The van der Waals surface area contributed by atoms with Gasteiger partial charge in [0, 0.05) is 5.56 Å². The number of Topliss-reactive ketones (excluding diaryl/α,β-unsaturated/α-hetero) is 1. The summed E-state index contributed by atoms with van der Waals surface area (Å²) in [6, 6.07) is 35.0. The van der Waals surface area contributed by atoms with E-state index in [-0.39, 0.29) is 5.78 Å². The lowest BCUT2D eigenvalue weighted by atomic mass is 10.2. The third kappa shape index (κ3) is 3.51. The first kappa shape index (κ1) is 17.9. The molecule has 4 rings (SSSR count). The highest BCUT2D eigenvalue weighted by Gasteiger charge is 2.48. The van der Waals surface area contributed by atoms with E-state index in [1.54, 1.807) is 11.3 Å². The number of thiophene rings is 1. The van der Waals surface area contributed by atoms with E-state index in [9.17, 15) is 4.79 Å². The fourth-order valence-electron chi connectivity index (χ4n) is 3.45. The highest BCUT2D eigenvalue weighted by molar-refractivity contribution is 7.99. The monoisotopic (exact) mass is 387 g/mol. The van der Waals surface area contributed by atoms with Crippen molar-refractivity contribution in [1.82, 2.24) is 0 Å². The number of ketones is 1. The third-order valence-corrected chi connectivity index (χ3v) is 10.7. The quantitative estimate of drug-likeness (QED) is 0.339. The van der Waals surface area contributed by atoms with E-state index in [4.69, 9.17) is 0 Å². The maximum absolute atomic E-state index is 13.3. The van der Waals surface area contributed by atoms with Crippen molar-refractivity contribution >= 4 is 39.6 Å². The molecule has 0 aliphatic carbocycles. The van der Waals surface area contributed by atoms with Crippen LogP contribution in [0.4, 0.5) is 0 Å². The first-order valence-corrected chi connectivity index (χ1v) is 11.8. The molecular formula is C24H20OPS+. The van der Waals surface area contributed by atoms with Crippen molar-refractivity contribution in [1.29, 1.82) is 0 Å². The van der Waals surface area contributed by atoms with Crippen LogP contribution in [0.15, 0.2) is 109 Å². The maximum Gasteiger partial charge on any atom is 0.201 e. The number of hydrogen-bond acceptors (Lipinski definition) is 2. The molecule has 0 aliphatic rings. The molecule has 0 fully saturated rings. The van der Waals surface area contributed by atoms with Gasteiger partial charge in [0.2, 0.25) is 5.78 Å². The predicted molar refractivity (Wildman–Crippen MR) is 119 cm³/mol. The van der Waals surface area contributed by atoms with Crippen LogP contribution in [0.2, 0.25) is 0 Å². The second-order valence-electron chi connectivity index (χ2n) is 6.38. The van der Waals surface area contributed by atoms with E-state index >= 15 is 0 Å². The Balaban J connectivity index is 1.92. The Morgan fingerprint density at radius 2 is 1.19 bits per heavy atom. The molecule has 0 bridgehead atoms. The molecule has 0 saturated heterocycles. The van der Waals surface area contributed by atoms with Gasteiger partial charge < -0.3 is 0 Å². The molecule has 1 heterocycles. The van der Waals surface area contributed by atoms with Crippen molar-refractivity contribution in [3.05, 3.63) is 114 Å². The molecule has 0 spiro atoms. The number of rotatable bonds is 6. The van der Waals surface area contributed by atoms with Crippen LogP contribution in [-0.4, -0.2) is 11.9 Å². The third-order valence-electron chi connectivity index (χ3n) is 4.75. The molecule has 132 valence electrons. The lowest BCUT2D eigenvalue weighted by Gasteiger charge is -2.25. The molecule has 0 N–H and O–H groups in total. The summed E-state index contributed by atoms with van der Waals surface area (Å²) in [6.45, 7) is 0. The second kappa shape index (κ2) is 8.00. The molecule has 27 heavy (non-hydrogen) atoms. The molecule has 3 aromatic carbocycles. The molecule has 1 nitrogen and oxygen atoms in total. The van der Waals surface area contributed by atoms with Crippen LogP contribution in [0, 0.1) is 0 Å². The minimum Gasteiger partial charge on any atom is -0.290 e. The van der Waals surface area contributed by atoms with Crippen LogP contribution in [0.1, 0.15) is 10.4 Å². The summed E-state index contributed by atoms with van der Waals surface area (Å²) in [5.74, 6) is 0.199. The highest BCUT2D eigenvalue weighted by atomic mass is 32.1. The maximum atomic E-state index is 13.3. The smallest absolute Gasteiger partial charge is 0.201 e. The van der Waals surface area contributed by atoms with Gasteiger partial charge in [-0.25, -0.2) is 0 Å². The van der Waals surface area contributed by atoms with Crippen molar-refractivity contribution in [2.45, 2.75) is 0 Å². The lowest BCUT2D eigenvalue weighted by Crippen LogP contribution is -2.34. The summed E-state index contributed by atoms with van der Waals surface area (Å²) in [6.07, 6.45) is 0.506. The highest BCUT2D eigenvalue weighted by Crippen LogP contribution is 2.56. The summed E-state index contributed by atoms with van der Waals surface area (Å²) >= 11 is 1.75. The van der Waals surface area contributed by atoms with Crippen molar-refractivity contribution in [2.24, 2.45) is 0 Å². The molecule has 0 amide bonds. The Hall–Kier alpha value is -2.54. The number of benzene rings is 3. The molecule has 1 aromatic heterocycles. The minimum absolute atomic E-state index is 0.199. The molecule has 0 saturated carbocycles. The van der Waals surface area contributed by atoms with E-state index in [2.05, 4.69) is 66.0 Å². The van der Waals surface area contributed by atoms with Gasteiger partial charge in [0.1, 0.15) is 24.0 Å². The zero-order chi connectivity index (χ0) is 18.5. The fourth-order valence-corrected chi connectivity index (χ4v) is 9.27. The fraction of sp³-hybridized carbons (Fsp3) is 0.0417. The Morgan fingerprint density at radius 1 is 0.667 bits per heavy atom. The zero-order valence-electron chi connectivity index (χ0n) is 14.9. The first-order chi connectivity index (χ1) is 13.3. The normalized spacial score (nSPS) is 11.3. The van der Waals surface area contributed by atoms with E-state index in [1.165, 1.54) is 15.2 Å². The van der Waals surface area contributed by atoms with Crippen LogP contribution >= 0.6 is 18.6 Å². The van der Waals surface area contributed by atoms with Gasteiger partial charge in [-0.1, -0.05) is 66.7 Å². The molecular weight excluding hydrogens is 367 g/mol. The number of carbonyl (C=O) groups excluding carboxylic acids is 1.